The van der Waals surface area contributed by atoms with Gasteiger partial charge in [0.05, 0.1) is 6.54 Å². The van der Waals surface area contributed by atoms with Crippen LogP contribution in [0.4, 0.5) is 4.79 Å². The predicted octanol–water partition coefficient (Wildman–Crippen LogP) is 2.60. The van der Waals surface area contributed by atoms with E-state index in [1.54, 1.807) is 0 Å². The molecule has 0 saturated carbocycles. The topological polar surface area (TPSA) is 70.2 Å². The highest BCUT2D eigenvalue weighted by Crippen LogP contribution is 2.20. The van der Waals surface area contributed by atoms with Crippen LogP contribution in [-0.2, 0) is 4.79 Å². The van der Waals surface area contributed by atoms with Crippen LogP contribution in [0.5, 0.6) is 0 Å². The summed E-state index contributed by atoms with van der Waals surface area (Å²) in [4.78, 5) is 23.4. The smallest absolute Gasteiger partial charge is 0.321 e. The lowest BCUT2D eigenvalue weighted by atomic mass is 9.96. The van der Waals surface area contributed by atoms with E-state index in [-0.39, 0.29) is 24.5 Å². The standard InChI is InChI=1S/C17H27N3O2/c1-5-13(4)19-17(22)20-15(21)11-18-16(12(2)3)14-9-7-6-8-10-14/h6-10,12-13,16,18H,5,11H2,1-4H3,(H2,19,20,21,22)/t13-,16+/m1/s1. The van der Waals surface area contributed by atoms with Gasteiger partial charge in [-0.1, -0.05) is 51.1 Å². The highest BCUT2D eigenvalue weighted by molar-refractivity contribution is 5.95. The van der Waals surface area contributed by atoms with Crippen molar-refractivity contribution in [1.29, 1.82) is 0 Å². The molecule has 5 heteroatoms. The lowest BCUT2D eigenvalue weighted by molar-refractivity contribution is -0.119. The minimum atomic E-state index is -0.443. The Hall–Kier alpha value is -1.88. The molecule has 0 aliphatic heterocycles. The van der Waals surface area contributed by atoms with Crippen LogP contribution in [-0.4, -0.2) is 24.5 Å². The second-order valence-electron chi connectivity index (χ2n) is 5.84. The first-order chi connectivity index (χ1) is 10.4. The van der Waals surface area contributed by atoms with Crippen molar-refractivity contribution in [2.45, 2.75) is 46.2 Å². The average Bonchev–Trinajstić information content (AvgIpc) is 2.47. The largest absolute Gasteiger partial charge is 0.335 e. The molecular formula is C17H27N3O2. The molecule has 0 radical (unpaired) electrons. The van der Waals surface area contributed by atoms with Crippen LogP contribution < -0.4 is 16.0 Å². The molecule has 5 nitrogen and oxygen atoms in total. The summed E-state index contributed by atoms with van der Waals surface area (Å²) in [5, 5.41) is 8.26. The third-order valence-corrected chi connectivity index (χ3v) is 3.55. The van der Waals surface area contributed by atoms with Crippen molar-refractivity contribution < 1.29 is 9.59 Å². The Bertz CT molecular complexity index is 474. The molecule has 0 aliphatic rings. The zero-order valence-corrected chi connectivity index (χ0v) is 13.8. The number of benzene rings is 1. The lowest BCUT2D eigenvalue weighted by Gasteiger charge is -2.22. The molecule has 3 amide bonds. The number of urea groups is 1. The first kappa shape index (κ1) is 18.2. The molecule has 1 aromatic carbocycles. The zero-order chi connectivity index (χ0) is 16.5. The predicted molar refractivity (Wildman–Crippen MR) is 88.5 cm³/mol. The van der Waals surface area contributed by atoms with Gasteiger partial charge in [-0.3, -0.25) is 10.1 Å². The van der Waals surface area contributed by atoms with Crippen molar-refractivity contribution >= 4 is 11.9 Å². The van der Waals surface area contributed by atoms with Gasteiger partial charge < -0.3 is 10.6 Å². The van der Waals surface area contributed by atoms with Crippen molar-refractivity contribution in [1.82, 2.24) is 16.0 Å². The molecule has 1 rings (SSSR count). The monoisotopic (exact) mass is 305 g/mol. The minimum absolute atomic E-state index is 0.0495. The molecule has 0 heterocycles. The SMILES string of the molecule is CC[C@@H](C)NC(=O)NC(=O)CN[C@H](c1ccccc1)C(C)C. The maximum absolute atomic E-state index is 11.8. The molecule has 3 N–H and O–H groups in total. The molecule has 1 aromatic rings. The van der Waals surface area contributed by atoms with Gasteiger partial charge in [0.1, 0.15) is 0 Å². The van der Waals surface area contributed by atoms with Gasteiger partial charge in [0.2, 0.25) is 5.91 Å². The summed E-state index contributed by atoms with van der Waals surface area (Å²) in [5.74, 6) is 0.00604. The molecule has 0 saturated heterocycles. The van der Waals surface area contributed by atoms with Crippen LogP contribution in [0.1, 0.15) is 45.7 Å². The highest BCUT2D eigenvalue weighted by Gasteiger charge is 2.17. The van der Waals surface area contributed by atoms with Gasteiger partial charge in [-0.2, -0.15) is 0 Å². The molecule has 0 unspecified atom stereocenters. The maximum atomic E-state index is 11.8. The van der Waals surface area contributed by atoms with E-state index in [2.05, 4.69) is 29.8 Å². The van der Waals surface area contributed by atoms with Crippen molar-refractivity contribution in [3.63, 3.8) is 0 Å². The molecule has 0 fully saturated rings. The second-order valence-corrected chi connectivity index (χ2v) is 5.84. The van der Waals surface area contributed by atoms with Crippen molar-refractivity contribution in [3.05, 3.63) is 35.9 Å². The Balaban J connectivity index is 2.49. The van der Waals surface area contributed by atoms with E-state index in [0.29, 0.717) is 5.92 Å². The van der Waals surface area contributed by atoms with Gasteiger partial charge in [0.15, 0.2) is 0 Å². The Kier molecular flexibility index (Phi) is 7.60. The fourth-order valence-electron chi connectivity index (χ4n) is 2.13. The van der Waals surface area contributed by atoms with Crippen molar-refractivity contribution in [3.8, 4) is 0 Å². The van der Waals surface area contributed by atoms with Crippen LogP contribution >= 0.6 is 0 Å². The van der Waals surface area contributed by atoms with Crippen LogP contribution in [0.2, 0.25) is 0 Å². The molecule has 0 spiro atoms. The van der Waals surface area contributed by atoms with Gasteiger partial charge in [-0.15, -0.1) is 0 Å². The molecule has 22 heavy (non-hydrogen) atoms. The Morgan fingerprint density at radius 3 is 2.27 bits per heavy atom. The lowest BCUT2D eigenvalue weighted by Crippen LogP contribution is -2.46. The highest BCUT2D eigenvalue weighted by atomic mass is 16.2. The zero-order valence-electron chi connectivity index (χ0n) is 13.8. The summed E-state index contributed by atoms with van der Waals surface area (Å²) in [5.41, 5.74) is 1.13. The van der Waals surface area contributed by atoms with E-state index >= 15 is 0 Å². The van der Waals surface area contributed by atoms with Gasteiger partial charge in [0, 0.05) is 12.1 Å². The summed E-state index contributed by atoms with van der Waals surface area (Å²) in [7, 11) is 0. The summed E-state index contributed by atoms with van der Waals surface area (Å²) in [6, 6.07) is 9.67. The van der Waals surface area contributed by atoms with Crippen molar-refractivity contribution in [2.75, 3.05) is 6.54 Å². The first-order valence-corrected chi connectivity index (χ1v) is 7.82. The number of imide groups is 1. The van der Waals surface area contributed by atoms with Crippen molar-refractivity contribution in [2.24, 2.45) is 5.92 Å². The van der Waals surface area contributed by atoms with Crippen LogP contribution in [0.15, 0.2) is 30.3 Å². The number of nitrogens with one attached hydrogen (secondary N) is 3. The van der Waals surface area contributed by atoms with E-state index in [1.807, 2.05) is 44.2 Å². The van der Waals surface area contributed by atoms with Crippen LogP contribution in [0, 0.1) is 5.92 Å². The Morgan fingerprint density at radius 1 is 1.09 bits per heavy atom. The molecule has 2 atom stereocenters. The number of rotatable bonds is 7. The summed E-state index contributed by atoms with van der Waals surface area (Å²) in [6.45, 7) is 8.16. The van der Waals surface area contributed by atoms with E-state index in [9.17, 15) is 9.59 Å². The van der Waals surface area contributed by atoms with Crippen LogP contribution in [0.25, 0.3) is 0 Å². The van der Waals surface area contributed by atoms with Gasteiger partial charge >= 0.3 is 6.03 Å². The van der Waals surface area contributed by atoms with E-state index in [1.165, 1.54) is 0 Å². The molecular weight excluding hydrogens is 278 g/mol. The molecule has 0 bridgehead atoms. The van der Waals surface area contributed by atoms with Crippen LogP contribution in [0.3, 0.4) is 0 Å². The Morgan fingerprint density at radius 2 is 1.73 bits per heavy atom. The fraction of sp³-hybridized carbons (Fsp3) is 0.529. The number of carbonyl (C=O) groups excluding carboxylic acids is 2. The van der Waals surface area contributed by atoms with E-state index in [4.69, 9.17) is 0 Å². The number of hydrogen-bond acceptors (Lipinski definition) is 3. The fourth-order valence-corrected chi connectivity index (χ4v) is 2.13. The quantitative estimate of drug-likeness (QED) is 0.725. The Labute approximate surface area is 132 Å². The second kappa shape index (κ2) is 9.20. The number of hydrogen-bond donors (Lipinski definition) is 3. The normalized spacial score (nSPS) is 13.5. The van der Waals surface area contributed by atoms with Gasteiger partial charge in [0.25, 0.3) is 0 Å². The first-order valence-electron chi connectivity index (χ1n) is 7.82. The van der Waals surface area contributed by atoms with Gasteiger partial charge in [-0.05, 0) is 24.8 Å². The van der Waals surface area contributed by atoms with E-state index < -0.39 is 6.03 Å². The molecule has 0 aliphatic carbocycles. The summed E-state index contributed by atoms with van der Waals surface area (Å²) in [6.07, 6.45) is 0.823. The third kappa shape index (κ3) is 6.26. The molecule has 0 aromatic heterocycles. The molecule has 122 valence electrons. The average molecular weight is 305 g/mol. The summed E-state index contributed by atoms with van der Waals surface area (Å²) >= 11 is 0. The number of amides is 3. The number of carbonyl (C=O) groups is 2. The summed E-state index contributed by atoms with van der Waals surface area (Å²) < 4.78 is 0. The maximum Gasteiger partial charge on any atom is 0.321 e. The minimum Gasteiger partial charge on any atom is -0.335 e. The third-order valence-electron chi connectivity index (χ3n) is 3.55. The van der Waals surface area contributed by atoms with Gasteiger partial charge in [-0.25, -0.2) is 4.79 Å². The van der Waals surface area contributed by atoms with E-state index in [0.717, 1.165) is 12.0 Å².